The minimum absolute atomic E-state index is 0.191. The maximum atomic E-state index is 8.61. The van der Waals surface area contributed by atoms with Gasteiger partial charge in [-0.25, -0.2) is 0 Å². The molecule has 0 aliphatic heterocycles. The zero-order valence-electron chi connectivity index (χ0n) is 9.49. The molecule has 0 radical (unpaired) electrons. The van der Waals surface area contributed by atoms with Crippen LogP contribution in [0.25, 0.3) is 0 Å². The maximum Gasteiger partial charge on any atom is 0.169 e. The molecule has 1 aliphatic carbocycles. The minimum Gasteiger partial charge on any atom is -0.360 e. The largest absolute Gasteiger partial charge is 0.360 e. The van der Waals surface area contributed by atoms with Gasteiger partial charge in [0.25, 0.3) is 0 Å². The lowest BCUT2D eigenvalue weighted by atomic mass is 10.2. The van der Waals surface area contributed by atoms with Crippen LogP contribution in [0.2, 0.25) is 0 Å². The zero-order valence-corrected chi connectivity index (χ0v) is 10.3. The molecule has 0 bridgehead atoms. The van der Waals surface area contributed by atoms with E-state index in [9.17, 15) is 0 Å². The molecule has 1 fully saturated rings. The number of thiocarbonyl (C=S) groups is 1. The quantitative estimate of drug-likeness (QED) is 0.746. The van der Waals surface area contributed by atoms with Crippen LogP contribution in [-0.4, -0.2) is 29.1 Å². The molecule has 1 N–H and O–H groups in total. The lowest BCUT2D eigenvalue weighted by molar-refractivity contribution is 0.383. The third-order valence-electron chi connectivity index (χ3n) is 3.05. The second-order valence-corrected chi connectivity index (χ2v) is 4.64. The SMILES string of the molecule is CC(CC#N)N(C)C(=S)NC1CCCC1. The molecule has 0 saturated heterocycles. The highest BCUT2D eigenvalue weighted by atomic mass is 32.1. The predicted octanol–water partition coefficient (Wildman–Crippen LogP) is 2.04. The van der Waals surface area contributed by atoms with Gasteiger partial charge < -0.3 is 10.2 Å². The summed E-state index contributed by atoms with van der Waals surface area (Å²) < 4.78 is 0. The number of nitrogens with zero attached hydrogens (tertiary/aromatic N) is 2. The van der Waals surface area contributed by atoms with Crippen molar-refractivity contribution in [2.24, 2.45) is 0 Å². The van der Waals surface area contributed by atoms with Gasteiger partial charge in [-0.05, 0) is 32.0 Å². The molecule has 0 aromatic rings. The standard InChI is InChI=1S/C11H19N3S/c1-9(7-8-12)14(2)11(15)13-10-5-3-4-6-10/h9-10H,3-7H2,1-2H3,(H,13,15). The van der Waals surface area contributed by atoms with Gasteiger partial charge in [-0.3, -0.25) is 0 Å². The average Bonchev–Trinajstić information content (AvgIpc) is 2.69. The lowest BCUT2D eigenvalue weighted by Gasteiger charge is -2.28. The molecule has 0 aromatic carbocycles. The van der Waals surface area contributed by atoms with E-state index in [4.69, 9.17) is 17.5 Å². The van der Waals surface area contributed by atoms with Crippen molar-refractivity contribution >= 4 is 17.3 Å². The molecule has 1 saturated carbocycles. The first-order valence-electron chi connectivity index (χ1n) is 5.55. The first-order chi connectivity index (χ1) is 7.15. The van der Waals surface area contributed by atoms with Crippen molar-refractivity contribution in [1.82, 2.24) is 10.2 Å². The van der Waals surface area contributed by atoms with Crippen molar-refractivity contribution in [3.8, 4) is 6.07 Å². The number of nitriles is 1. The highest BCUT2D eigenvalue weighted by Crippen LogP contribution is 2.18. The Morgan fingerprint density at radius 3 is 2.73 bits per heavy atom. The van der Waals surface area contributed by atoms with Crippen LogP contribution in [-0.2, 0) is 0 Å². The second kappa shape index (κ2) is 5.92. The third-order valence-corrected chi connectivity index (χ3v) is 3.46. The van der Waals surface area contributed by atoms with Crippen molar-refractivity contribution in [3.05, 3.63) is 0 Å². The van der Waals surface area contributed by atoms with Crippen LogP contribution in [0.3, 0.4) is 0 Å². The first kappa shape index (κ1) is 12.3. The van der Waals surface area contributed by atoms with Crippen molar-refractivity contribution < 1.29 is 0 Å². The molecule has 1 rings (SSSR count). The monoisotopic (exact) mass is 225 g/mol. The van der Waals surface area contributed by atoms with Gasteiger partial charge in [0.1, 0.15) is 0 Å². The van der Waals surface area contributed by atoms with E-state index in [0.29, 0.717) is 12.5 Å². The molecule has 0 spiro atoms. The summed E-state index contributed by atoms with van der Waals surface area (Å²) in [7, 11) is 1.95. The lowest BCUT2D eigenvalue weighted by Crippen LogP contribution is -2.45. The van der Waals surface area contributed by atoms with E-state index in [1.165, 1.54) is 25.7 Å². The van der Waals surface area contributed by atoms with E-state index in [2.05, 4.69) is 11.4 Å². The Kier molecular flexibility index (Phi) is 4.83. The van der Waals surface area contributed by atoms with Gasteiger partial charge in [-0.15, -0.1) is 0 Å². The van der Waals surface area contributed by atoms with Gasteiger partial charge in [0.2, 0.25) is 0 Å². The molecule has 0 amide bonds. The Morgan fingerprint density at radius 1 is 1.60 bits per heavy atom. The van der Waals surface area contributed by atoms with Crippen molar-refractivity contribution in [1.29, 1.82) is 5.26 Å². The summed E-state index contributed by atoms with van der Waals surface area (Å²) in [5.74, 6) is 0. The fraction of sp³-hybridized carbons (Fsp3) is 0.818. The Labute approximate surface area is 97.4 Å². The number of hydrogen-bond donors (Lipinski definition) is 1. The Balaban J connectivity index is 2.35. The summed E-state index contributed by atoms with van der Waals surface area (Å²) >= 11 is 5.31. The van der Waals surface area contributed by atoms with Gasteiger partial charge in [0.05, 0.1) is 12.5 Å². The van der Waals surface area contributed by atoms with E-state index in [-0.39, 0.29) is 6.04 Å². The third kappa shape index (κ3) is 3.67. The van der Waals surface area contributed by atoms with E-state index in [1.54, 1.807) is 0 Å². The molecule has 3 nitrogen and oxygen atoms in total. The molecule has 0 aromatic heterocycles. The highest BCUT2D eigenvalue weighted by molar-refractivity contribution is 7.80. The molecule has 4 heteroatoms. The van der Waals surface area contributed by atoms with Crippen LogP contribution in [0, 0.1) is 11.3 Å². The van der Waals surface area contributed by atoms with Crippen LogP contribution in [0.4, 0.5) is 0 Å². The first-order valence-corrected chi connectivity index (χ1v) is 5.96. The normalized spacial score (nSPS) is 18.2. The summed E-state index contributed by atoms with van der Waals surface area (Å²) in [5.41, 5.74) is 0. The summed E-state index contributed by atoms with van der Waals surface area (Å²) in [4.78, 5) is 1.98. The van der Waals surface area contributed by atoms with Crippen LogP contribution >= 0.6 is 12.2 Å². The molecule has 1 aliphatic rings. The Hall–Kier alpha value is -0.820. The topological polar surface area (TPSA) is 39.1 Å². The molecular formula is C11H19N3S. The second-order valence-electron chi connectivity index (χ2n) is 4.25. The van der Waals surface area contributed by atoms with Crippen molar-refractivity contribution in [2.75, 3.05) is 7.05 Å². The van der Waals surface area contributed by atoms with Gasteiger partial charge in [0.15, 0.2) is 5.11 Å². The molecule has 0 heterocycles. The average molecular weight is 225 g/mol. The van der Waals surface area contributed by atoms with Gasteiger partial charge in [-0.1, -0.05) is 12.8 Å². The fourth-order valence-electron chi connectivity index (χ4n) is 1.82. The van der Waals surface area contributed by atoms with E-state index < -0.39 is 0 Å². The van der Waals surface area contributed by atoms with Crippen LogP contribution < -0.4 is 5.32 Å². The summed E-state index contributed by atoms with van der Waals surface area (Å²) in [6.07, 6.45) is 5.57. The van der Waals surface area contributed by atoms with E-state index >= 15 is 0 Å². The van der Waals surface area contributed by atoms with E-state index in [0.717, 1.165) is 5.11 Å². The minimum atomic E-state index is 0.191. The van der Waals surface area contributed by atoms with Crippen molar-refractivity contribution in [3.63, 3.8) is 0 Å². The van der Waals surface area contributed by atoms with Crippen LogP contribution in [0.15, 0.2) is 0 Å². The van der Waals surface area contributed by atoms with Gasteiger partial charge >= 0.3 is 0 Å². The van der Waals surface area contributed by atoms with Crippen molar-refractivity contribution in [2.45, 2.75) is 51.1 Å². The van der Waals surface area contributed by atoms with Crippen LogP contribution in [0.1, 0.15) is 39.0 Å². The number of rotatable bonds is 3. The summed E-state index contributed by atoms with van der Waals surface area (Å²) in [6, 6.07) is 2.91. The van der Waals surface area contributed by atoms with Gasteiger partial charge in [0, 0.05) is 19.1 Å². The molecule has 1 unspecified atom stereocenters. The number of hydrogen-bond acceptors (Lipinski definition) is 2. The molecular weight excluding hydrogens is 206 g/mol. The fourth-order valence-corrected chi connectivity index (χ4v) is 2.16. The highest BCUT2D eigenvalue weighted by Gasteiger charge is 2.18. The van der Waals surface area contributed by atoms with Gasteiger partial charge in [-0.2, -0.15) is 5.26 Å². The summed E-state index contributed by atoms with van der Waals surface area (Å²) in [6.45, 7) is 2.02. The summed E-state index contributed by atoms with van der Waals surface area (Å²) in [5, 5.41) is 12.8. The molecule has 15 heavy (non-hydrogen) atoms. The van der Waals surface area contributed by atoms with Crippen LogP contribution in [0.5, 0.6) is 0 Å². The van der Waals surface area contributed by atoms with E-state index in [1.807, 2.05) is 18.9 Å². The predicted molar refractivity (Wildman–Crippen MR) is 65.4 cm³/mol. The molecule has 84 valence electrons. The zero-order chi connectivity index (χ0) is 11.3. The molecule has 1 atom stereocenters. The Morgan fingerprint density at radius 2 is 2.20 bits per heavy atom. The smallest absolute Gasteiger partial charge is 0.169 e. The number of nitrogens with one attached hydrogen (secondary N) is 1. The Bertz CT molecular complexity index is 253. The maximum absolute atomic E-state index is 8.61.